The summed E-state index contributed by atoms with van der Waals surface area (Å²) in [7, 11) is -4.15. The molecule has 1 unspecified atom stereocenters. The topological polar surface area (TPSA) is 63.4 Å². The number of halogens is 3. The molecule has 0 aliphatic rings. The molecule has 0 aliphatic heterocycles. The van der Waals surface area contributed by atoms with Gasteiger partial charge in [0.1, 0.15) is 11.8 Å². The fourth-order valence-electron chi connectivity index (χ4n) is 1.12. The molecule has 0 spiro atoms. The van der Waals surface area contributed by atoms with Crippen molar-refractivity contribution in [2.75, 3.05) is 13.1 Å². The van der Waals surface area contributed by atoms with Crippen molar-refractivity contribution in [3.05, 3.63) is 0 Å². The van der Waals surface area contributed by atoms with Crippen LogP contribution in [0.3, 0.4) is 0 Å². The van der Waals surface area contributed by atoms with Crippen LogP contribution in [0.25, 0.3) is 0 Å². The smallest absolute Gasteiger partial charge is 0.392 e. The summed E-state index contributed by atoms with van der Waals surface area (Å²) in [6, 6.07) is 0. The Morgan fingerprint density at radius 2 is 1.94 bits per heavy atom. The van der Waals surface area contributed by atoms with Crippen LogP contribution in [0.4, 0.5) is 13.2 Å². The number of sulfonamides is 1. The van der Waals surface area contributed by atoms with Crippen LogP contribution in [0.1, 0.15) is 20.3 Å². The molecule has 0 aromatic carbocycles. The summed E-state index contributed by atoms with van der Waals surface area (Å²) in [5.74, 6) is 0. The summed E-state index contributed by atoms with van der Waals surface area (Å²) >= 11 is 4.50. The van der Waals surface area contributed by atoms with Gasteiger partial charge in [0.15, 0.2) is 0 Å². The normalized spacial score (nSPS) is 14.9. The van der Waals surface area contributed by atoms with Crippen LogP contribution in [0.15, 0.2) is 0 Å². The first-order valence-electron chi connectivity index (χ1n) is 4.87. The zero-order valence-electron chi connectivity index (χ0n) is 9.49. The lowest BCUT2D eigenvalue weighted by atomic mass is 10.5. The molecular formula is C8H15F3N2O2S2. The maximum atomic E-state index is 12.3. The highest BCUT2D eigenvalue weighted by atomic mass is 32.2. The second-order valence-electron chi connectivity index (χ2n) is 3.54. The summed E-state index contributed by atoms with van der Waals surface area (Å²) in [6.07, 6.45) is -4.31. The average Bonchev–Trinajstić information content (AvgIpc) is 2.13. The molecule has 4 nitrogen and oxygen atoms in total. The average molecular weight is 292 g/mol. The van der Waals surface area contributed by atoms with Gasteiger partial charge in [0.05, 0.1) is 4.99 Å². The summed E-state index contributed by atoms with van der Waals surface area (Å²) in [6.45, 7) is 1.03. The standard InChI is InChI=1S/C8H15F3N2O2S2/c1-3-4-13(5-8(9,10)11)17(14,15)6(2)7(12)16/h6H,3-5H2,1-2H3,(H2,12,16). The minimum absolute atomic E-state index is 0.213. The molecule has 0 rings (SSSR count). The van der Waals surface area contributed by atoms with Crippen molar-refractivity contribution in [1.29, 1.82) is 0 Å². The second kappa shape index (κ2) is 5.96. The van der Waals surface area contributed by atoms with Crippen molar-refractivity contribution < 1.29 is 21.6 Å². The van der Waals surface area contributed by atoms with Gasteiger partial charge in [-0.1, -0.05) is 19.1 Å². The lowest BCUT2D eigenvalue weighted by Gasteiger charge is -2.25. The van der Waals surface area contributed by atoms with E-state index in [1.165, 1.54) is 6.92 Å². The molecule has 2 N–H and O–H groups in total. The van der Waals surface area contributed by atoms with Gasteiger partial charge in [0.25, 0.3) is 0 Å². The monoisotopic (exact) mass is 292 g/mol. The van der Waals surface area contributed by atoms with Gasteiger partial charge in [0, 0.05) is 6.54 Å². The number of nitrogens with two attached hydrogens (primary N) is 1. The largest absolute Gasteiger partial charge is 0.402 e. The Kier molecular flexibility index (Phi) is 5.82. The molecule has 0 aromatic rings. The van der Waals surface area contributed by atoms with E-state index < -0.39 is 28.0 Å². The Balaban J connectivity index is 5.12. The maximum Gasteiger partial charge on any atom is 0.402 e. The molecule has 9 heteroatoms. The number of rotatable bonds is 6. The fraction of sp³-hybridized carbons (Fsp3) is 0.875. The van der Waals surface area contributed by atoms with Gasteiger partial charge in [-0.05, 0) is 13.3 Å². The summed E-state index contributed by atoms with van der Waals surface area (Å²) in [4.78, 5) is -0.340. The Morgan fingerprint density at radius 3 is 2.24 bits per heavy atom. The molecule has 0 saturated carbocycles. The van der Waals surface area contributed by atoms with Crippen LogP contribution in [0.5, 0.6) is 0 Å². The SMILES string of the molecule is CCCN(CC(F)(F)F)S(=O)(=O)C(C)C(N)=S. The lowest BCUT2D eigenvalue weighted by molar-refractivity contribution is -0.136. The van der Waals surface area contributed by atoms with E-state index >= 15 is 0 Å². The van der Waals surface area contributed by atoms with E-state index in [4.69, 9.17) is 5.73 Å². The Hall–Kier alpha value is -0.410. The Labute approximate surface area is 104 Å². The number of alkyl halides is 3. The first-order valence-corrected chi connectivity index (χ1v) is 6.78. The van der Waals surface area contributed by atoms with E-state index in [-0.39, 0.29) is 18.0 Å². The number of nitrogens with zero attached hydrogens (tertiary/aromatic N) is 1. The fourth-order valence-corrected chi connectivity index (χ4v) is 2.98. The lowest BCUT2D eigenvalue weighted by Crippen LogP contribution is -2.46. The van der Waals surface area contributed by atoms with E-state index in [2.05, 4.69) is 12.2 Å². The van der Waals surface area contributed by atoms with E-state index in [0.29, 0.717) is 4.31 Å². The number of hydrogen-bond donors (Lipinski definition) is 1. The van der Waals surface area contributed by atoms with Gasteiger partial charge >= 0.3 is 6.18 Å². The van der Waals surface area contributed by atoms with Crippen molar-refractivity contribution in [2.45, 2.75) is 31.7 Å². The first kappa shape index (κ1) is 16.6. The van der Waals surface area contributed by atoms with Crippen LogP contribution in [-0.2, 0) is 10.0 Å². The van der Waals surface area contributed by atoms with Gasteiger partial charge in [-0.3, -0.25) is 0 Å². The molecule has 0 fully saturated rings. The van der Waals surface area contributed by atoms with Crippen LogP contribution >= 0.6 is 12.2 Å². The predicted molar refractivity (Wildman–Crippen MR) is 63.1 cm³/mol. The van der Waals surface area contributed by atoms with Gasteiger partial charge in [0.2, 0.25) is 10.0 Å². The zero-order chi connectivity index (χ0) is 13.9. The van der Waals surface area contributed by atoms with E-state index in [1.807, 2.05) is 0 Å². The van der Waals surface area contributed by atoms with Crippen LogP contribution in [0.2, 0.25) is 0 Å². The van der Waals surface area contributed by atoms with E-state index in [1.54, 1.807) is 6.92 Å². The second-order valence-corrected chi connectivity index (χ2v) is 6.26. The van der Waals surface area contributed by atoms with E-state index in [9.17, 15) is 21.6 Å². The molecule has 1 atom stereocenters. The molecule has 17 heavy (non-hydrogen) atoms. The van der Waals surface area contributed by atoms with Gasteiger partial charge in [-0.2, -0.15) is 17.5 Å². The zero-order valence-corrected chi connectivity index (χ0v) is 11.1. The Bertz CT molecular complexity index is 367. The Morgan fingerprint density at radius 1 is 1.47 bits per heavy atom. The summed E-state index contributed by atoms with van der Waals surface area (Å²) in [5, 5.41) is -1.30. The van der Waals surface area contributed by atoms with Gasteiger partial charge < -0.3 is 5.73 Å². The molecule has 0 amide bonds. The maximum absolute atomic E-state index is 12.3. The molecule has 0 aromatic heterocycles. The van der Waals surface area contributed by atoms with Gasteiger partial charge in [-0.15, -0.1) is 0 Å². The molecule has 102 valence electrons. The third-order valence-electron chi connectivity index (χ3n) is 2.04. The number of thiocarbonyl (C=S) groups is 1. The van der Waals surface area contributed by atoms with Crippen molar-refractivity contribution in [2.24, 2.45) is 5.73 Å². The molecule has 0 heterocycles. The quantitative estimate of drug-likeness (QED) is 0.749. The summed E-state index contributed by atoms with van der Waals surface area (Å²) < 4.78 is 60.7. The number of hydrogen-bond acceptors (Lipinski definition) is 3. The van der Waals surface area contributed by atoms with Crippen LogP contribution < -0.4 is 5.73 Å². The summed E-state index contributed by atoms with van der Waals surface area (Å²) in [5.41, 5.74) is 5.16. The van der Waals surface area contributed by atoms with Crippen LogP contribution in [-0.4, -0.2) is 42.2 Å². The first-order chi connectivity index (χ1) is 7.52. The molecular weight excluding hydrogens is 277 g/mol. The van der Waals surface area contributed by atoms with Crippen molar-refractivity contribution in [3.63, 3.8) is 0 Å². The molecule has 0 radical (unpaired) electrons. The van der Waals surface area contributed by atoms with Crippen molar-refractivity contribution >= 4 is 27.2 Å². The van der Waals surface area contributed by atoms with E-state index in [0.717, 1.165) is 0 Å². The third kappa shape index (κ3) is 5.17. The van der Waals surface area contributed by atoms with Crippen molar-refractivity contribution in [1.82, 2.24) is 4.31 Å². The molecule has 0 aliphatic carbocycles. The third-order valence-corrected chi connectivity index (χ3v) is 4.72. The van der Waals surface area contributed by atoms with Crippen molar-refractivity contribution in [3.8, 4) is 0 Å². The molecule has 0 saturated heterocycles. The van der Waals surface area contributed by atoms with Gasteiger partial charge in [-0.25, -0.2) is 8.42 Å². The highest BCUT2D eigenvalue weighted by molar-refractivity contribution is 7.92. The predicted octanol–water partition coefficient (Wildman–Crippen LogP) is 1.27. The minimum atomic E-state index is -4.59. The molecule has 0 bridgehead atoms. The highest BCUT2D eigenvalue weighted by Crippen LogP contribution is 2.20. The highest BCUT2D eigenvalue weighted by Gasteiger charge is 2.38. The van der Waals surface area contributed by atoms with Crippen LogP contribution in [0, 0.1) is 0 Å². The minimum Gasteiger partial charge on any atom is -0.392 e.